The van der Waals surface area contributed by atoms with Gasteiger partial charge in [-0.1, -0.05) is 53.7 Å². The minimum atomic E-state index is -0.756. The van der Waals surface area contributed by atoms with E-state index in [0.717, 1.165) is 5.56 Å². The fourth-order valence-corrected chi connectivity index (χ4v) is 2.88. The van der Waals surface area contributed by atoms with Crippen LogP contribution in [0, 0.1) is 5.92 Å². The molecule has 0 N–H and O–H groups in total. The van der Waals surface area contributed by atoms with Crippen molar-refractivity contribution in [2.45, 2.75) is 20.0 Å². The van der Waals surface area contributed by atoms with E-state index in [4.69, 9.17) is 14.3 Å². The van der Waals surface area contributed by atoms with E-state index in [1.165, 1.54) is 6.92 Å². The first kappa shape index (κ1) is 17.7. The zero-order chi connectivity index (χ0) is 18.5. The molecule has 26 heavy (non-hydrogen) atoms. The SMILES string of the molecule is CCOC(=O)[C@H]1C(c2ccccc2)=NO[C@@H]1c1ccccc1OC(C)=O. The topological polar surface area (TPSA) is 74.2 Å². The molecule has 134 valence electrons. The number of rotatable bonds is 5. The van der Waals surface area contributed by atoms with Crippen molar-refractivity contribution in [3.63, 3.8) is 0 Å². The van der Waals surface area contributed by atoms with Gasteiger partial charge < -0.3 is 14.3 Å². The second-order valence-electron chi connectivity index (χ2n) is 5.73. The highest BCUT2D eigenvalue weighted by Gasteiger charge is 2.43. The third-order valence-electron chi connectivity index (χ3n) is 3.95. The van der Waals surface area contributed by atoms with Gasteiger partial charge in [0.15, 0.2) is 6.10 Å². The lowest BCUT2D eigenvalue weighted by Gasteiger charge is -2.19. The maximum atomic E-state index is 12.7. The molecule has 0 bridgehead atoms. The first-order chi connectivity index (χ1) is 12.6. The molecule has 2 atom stereocenters. The fraction of sp³-hybridized carbons (Fsp3) is 0.250. The Morgan fingerprint density at radius 1 is 1.08 bits per heavy atom. The van der Waals surface area contributed by atoms with Gasteiger partial charge in [0.1, 0.15) is 17.4 Å². The smallest absolute Gasteiger partial charge is 0.319 e. The average Bonchev–Trinajstić information content (AvgIpc) is 3.07. The number of ether oxygens (including phenoxy) is 2. The highest BCUT2D eigenvalue weighted by molar-refractivity contribution is 6.13. The molecule has 0 saturated heterocycles. The summed E-state index contributed by atoms with van der Waals surface area (Å²) in [6, 6.07) is 16.3. The van der Waals surface area contributed by atoms with E-state index in [-0.39, 0.29) is 6.61 Å². The lowest BCUT2D eigenvalue weighted by atomic mass is 9.88. The molecule has 1 aliphatic rings. The molecular weight excluding hydrogens is 334 g/mol. The Hall–Kier alpha value is -3.15. The van der Waals surface area contributed by atoms with E-state index in [9.17, 15) is 9.59 Å². The summed E-state index contributed by atoms with van der Waals surface area (Å²) in [4.78, 5) is 29.7. The van der Waals surface area contributed by atoms with Crippen molar-refractivity contribution in [1.29, 1.82) is 0 Å². The van der Waals surface area contributed by atoms with Gasteiger partial charge in [-0.2, -0.15) is 0 Å². The maximum absolute atomic E-state index is 12.7. The molecule has 0 saturated carbocycles. The minimum Gasteiger partial charge on any atom is -0.465 e. The maximum Gasteiger partial charge on any atom is 0.319 e. The van der Waals surface area contributed by atoms with Crippen LogP contribution < -0.4 is 4.74 Å². The average molecular weight is 353 g/mol. The van der Waals surface area contributed by atoms with Crippen LogP contribution >= 0.6 is 0 Å². The zero-order valence-electron chi connectivity index (χ0n) is 14.5. The molecule has 1 aliphatic heterocycles. The first-order valence-corrected chi connectivity index (χ1v) is 8.35. The third kappa shape index (κ3) is 3.59. The van der Waals surface area contributed by atoms with Gasteiger partial charge in [0.25, 0.3) is 0 Å². The van der Waals surface area contributed by atoms with Crippen LogP contribution in [-0.2, 0) is 19.2 Å². The van der Waals surface area contributed by atoms with Crippen molar-refractivity contribution in [3.05, 3.63) is 65.7 Å². The van der Waals surface area contributed by atoms with Gasteiger partial charge in [-0.05, 0) is 13.0 Å². The van der Waals surface area contributed by atoms with Gasteiger partial charge in [0.2, 0.25) is 0 Å². The summed E-state index contributed by atoms with van der Waals surface area (Å²) in [6.07, 6.45) is -0.736. The summed E-state index contributed by atoms with van der Waals surface area (Å²) in [5.41, 5.74) is 1.83. The molecule has 0 spiro atoms. The first-order valence-electron chi connectivity index (χ1n) is 8.35. The van der Waals surface area contributed by atoms with Crippen LogP contribution in [0.3, 0.4) is 0 Å². The zero-order valence-corrected chi connectivity index (χ0v) is 14.5. The van der Waals surface area contributed by atoms with E-state index in [2.05, 4.69) is 5.16 Å². The summed E-state index contributed by atoms with van der Waals surface area (Å²) < 4.78 is 10.5. The van der Waals surface area contributed by atoms with E-state index in [0.29, 0.717) is 17.0 Å². The Balaban J connectivity index is 2.00. The van der Waals surface area contributed by atoms with Crippen LogP contribution in [0.1, 0.15) is 31.1 Å². The summed E-state index contributed by atoms with van der Waals surface area (Å²) in [5, 5.41) is 4.14. The van der Waals surface area contributed by atoms with Gasteiger partial charge in [-0.3, -0.25) is 9.59 Å². The number of nitrogens with zero attached hydrogens (tertiary/aromatic N) is 1. The van der Waals surface area contributed by atoms with Crippen LogP contribution in [-0.4, -0.2) is 24.3 Å². The molecular formula is C20H19NO5. The lowest BCUT2D eigenvalue weighted by molar-refractivity contribution is -0.148. The number of carbonyl (C=O) groups is 2. The Labute approximate surface area is 151 Å². The van der Waals surface area contributed by atoms with E-state index >= 15 is 0 Å². The van der Waals surface area contributed by atoms with E-state index < -0.39 is 24.0 Å². The summed E-state index contributed by atoms with van der Waals surface area (Å²) >= 11 is 0. The van der Waals surface area contributed by atoms with Crippen molar-refractivity contribution in [1.82, 2.24) is 0 Å². The quantitative estimate of drug-likeness (QED) is 0.609. The number of esters is 2. The van der Waals surface area contributed by atoms with Crippen molar-refractivity contribution in [2.24, 2.45) is 11.1 Å². The van der Waals surface area contributed by atoms with Crippen LogP contribution in [0.5, 0.6) is 5.75 Å². The number of hydrogen-bond donors (Lipinski definition) is 0. The van der Waals surface area contributed by atoms with Crippen LogP contribution in [0.15, 0.2) is 59.8 Å². The number of carbonyl (C=O) groups excluding carboxylic acids is 2. The highest BCUT2D eigenvalue weighted by Crippen LogP contribution is 2.40. The highest BCUT2D eigenvalue weighted by atomic mass is 16.6. The Morgan fingerprint density at radius 3 is 2.46 bits per heavy atom. The molecule has 6 nitrogen and oxygen atoms in total. The Morgan fingerprint density at radius 2 is 1.77 bits per heavy atom. The second kappa shape index (κ2) is 7.82. The van der Waals surface area contributed by atoms with Crippen molar-refractivity contribution >= 4 is 17.7 Å². The van der Waals surface area contributed by atoms with Crippen LogP contribution in [0.25, 0.3) is 0 Å². The van der Waals surface area contributed by atoms with Gasteiger partial charge in [-0.15, -0.1) is 0 Å². The van der Waals surface area contributed by atoms with Crippen molar-refractivity contribution < 1.29 is 23.9 Å². The summed E-state index contributed by atoms with van der Waals surface area (Å²) in [5.74, 6) is -1.31. The predicted octanol–water partition coefficient (Wildman–Crippen LogP) is 3.27. The molecule has 0 unspecified atom stereocenters. The van der Waals surface area contributed by atoms with Crippen molar-refractivity contribution in [2.75, 3.05) is 6.61 Å². The molecule has 0 aliphatic carbocycles. The van der Waals surface area contributed by atoms with Gasteiger partial charge in [-0.25, -0.2) is 0 Å². The van der Waals surface area contributed by atoms with Crippen LogP contribution in [0.2, 0.25) is 0 Å². The van der Waals surface area contributed by atoms with Gasteiger partial charge in [0.05, 0.1) is 6.61 Å². The summed E-state index contributed by atoms with van der Waals surface area (Å²) in [7, 11) is 0. The normalized spacial score (nSPS) is 18.6. The fourth-order valence-electron chi connectivity index (χ4n) is 2.88. The Bertz CT molecular complexity index is 831. The van der Waals surface area contributed by atoms with Gasteiger partial charge in [0, 0.05) is 18.1 Å². The van der Waals surface area contributed by atoms with Gasteiger partial charge >= 0.3 is 11.9 Å². The molecule has 1 heterocycles. The predicted molar refractivity (Wildman–Crippen MR) is 94.7 cm³/mol. The molecule has 0 radical (unpaired) electrons. The third-order valence-corrected chi connectivity index (χ3v) is 3.95. The summed E-state index contributed by atoms with van der Waals surface area (Å²) in [6.45, 7) is 3.31. The van der Waals surface area contributed by atoms with E-state index in [1.807, 2.05) is 30.3 Å². The van der Waals surface area contributed by atoms with Crippen molar-refractivity contribution in [3.8, 4) is 5.75 Å². The molecule has 0 aromatic heterocycles. The molecule has 2 aromatic carbocycles. The lowest BCUT2D eigenvalue weighted by Crippen LogP contribution is -2.29. The largest absolute Gasteiger partial charge is 0.465 e. The number of oxime groups is 1. The minimum absolute atomic E-state index is 0.246. The molecule has 0 amide bonds. The van der Waals surface area contributed by atoms with Crippen LogP contribution in [0.4, 0.5) is 0 Å². The molecule has 2 aromatic rings. The Kier molecular flexibility index (Phi) is 5.31. The molecule has 6 heteroatoms. The number of para-hydroxylation sites is 1. The monoisotopic (exact) mass is 353 g/mol. The van der Waals surface area contributed by atoms with E-state index in [1.54, 1.807) is 31.2 Å². The molecule has 0 fully saturated rings. The number of benzene rings is 2. The second-order valence-corrected chi connectivity index (χ2v) is 5.73. The molecule has 3 rings (SSSR count). The standard InChI is InChI=1S/C20H19NO5/c1-3-24-20(23)17-18(14-9-5-4-6-10-14)21-26-19(17)15-11-7-8-12-16(15)25-13(2)22/h4-12,17,19H,3H2,1-2H3/t17-,19+/m0/s1. The number of hydrogen-bond acceptors (Lipinski definition) is 6.